The van der Waals surface area contributed by atoms with Gasteiger partial charge in [0, 0.05) is 26.6 Å². The highest BCUT2D eigenvalue weighted by Crippen LogP contribution is 2.35. The van der Waals surface area contributed by atoms with Crippen molar-refractivity contribution in [2.24, 2.45) is 5.73 Å². The third kappa shape index (κ3) is 5.17. The lowest BCUT2D eigenvalue weighted by Crippen LogP contribution is -2.26. The number of anilines is 1. The van der Waals surface area contributed by atoms with Gasteiger partial charge in [0.15, 0.2) is 0 Å². The second-order valence-electron chi connectivity index (χ2n) is 3.97. The molecule has 1 atom stereocenters. The molecule has 0 heterocycles. The molecule has 18 heavy (non-hydrogen) atoms. The Kier molecular flexibility index (Phi) is 7.79. The molecule has 0 saturated heterocycles. The minimum Gasteiger partial charge on any atom is -0.383 e. The van der Waals surface area contributed by atoms with E-state index in [2.05, 4.69) is 53.1 Å². The minimum absolute atomic E-state index is 0.257. The number of hydrogen-bond acceptors (Lipinski definition) is 3. The molecule has 0 bridgehead atoms. The molecule has 0 saturated carbocycles. The van der Waals surface area contributed by atoms with Crippen molar-refractivity contribution >= 4 is 53.5 Å². The van der Waals surface area contributed by atoms with Gasteiger partial charge >= 0.3 is 0 Å². The summed E-state index contributed by atoms with van der Waals surface area (Å²) in [4.78, 5) is 0. The van der Waals surface area contributed by atoms with Crippen LogP contribution in [0.5, 0.6) is 0 Å². The number of nitrogens with two attached hydrogens (primary N) is 1. The van der Waals surface area contributed by atoms with Crippen LogP contribution in [0.4, 0.5) is 5.69 Å². The molecule has 6 heteroatoms. The summed E-state index contributed by atoms with van der Waals surface area (Å²) in [6, 6.07) is 4.28. The molecule has 3 N–H and O–H groups in total. The van der Waals surface area contributed by atoms with Crippen LogP contribution in [0.1, 0.15) is 12.8 Å². The second kappa shape index (κ2) is 8.53. The van der Waals surface area contributed by atoms with E-state index in [1.54, 1.807) is 7.11 Å². The average molecular weight is 445 g/mol. The van der Waals surface area contributed by atoms with Gasteiger partial charge in [0.2, 0.25) is 0 Å². The Hall–Kier alpha value is 0.380. The lowest BCUT2D eigenvalue weighted by atomic mass is 10.1. The van der Waals surface area contributed by atoms with Crippen molar-refractivity contribution in [1.29, 1.82) is 0 Å². The standard InChI is InChI=1S/C12H17Br3N2O/c1-18-7-9(3-2-4-16)17-12-10(14)5-8(13)6-11(12)15/h5-6,9,17H,2-4,7,16H2,1H3. The van der Waals surface area contributed by atoms with E-state index in [1.807, 2.05) is 12.1 Å². The lowest BCUT2D eigenvalue weighted by Gasteiger charge is -2.21. The first-order valence-corrected chi connectivity index (χ1v) is 8.06. The number of nitrogens with one attached hydrogen (secondary N) is 1. The van der Waals surface area contributed by atoms with Crippen LogP contribution in [0.2, 0.25) is 0 Å². The fraction of sp³-hybridized carbons (Fsp3) is 0.500. The van der Waals surface area contributed by atoms with Crippen molar-refractivity contribution in [2.45, 2.75) is 18.9 Å². The number of methoxy groups -OCH3 is 1. The van der Waals surface area contributed by atoms with Crippen LogP contribution in [0.25, 0.3) is 0 Å². The fourth-order valence-electron chi connectivity index (χ4n) is 1.65. The Labute approximate surface area is 133 Å². The van der Waals surface area contributed by atoms with E-state index in [4.69, 9.17) is 10.5 Å². The van der Waals surface area contributed by atoms with Crippen LogP contribution in [-0.4, -0.2) is 26.3 Å². The van der Waals surface area contributed by atoms with Crippen LogP contribution >= 0.6 is 47.8 Å². The van der Waals surface area contributed by atoms with Crippen molar-refractivity contribution in [3.05, 3.63) is 25.6 Å². The second-order valence-corrected chi connectivity index (χ2v) is 6.60. The smallest absolute Gasteiger partial charge is 0.0664 e. The van der Waals surface area contributed by atoms with Crippen molar-refractivity contribution < 1.29 is 4.74 Å². The molecule has 0 aliphatic rings. The van der Waals surface area contributed by atoms with Gasteiger partial charge in [-0.3, -0.25) is 0 Å². The minimum atomic E-state index is 0.257. The Morgan fingerprint density at radius 2 is 1.89 bits per heavy atom. The van der Waals surface area contributed by atoms with Gasteiger partial charge in [-0.2, -0.15) is 0 Å². The zero-order valence-corrected chi connectivity index (χ0v) is 14.9. The summed E-state index contributed by atoms with van der Waals surface area (Å²) in [7, 11) is 1.71. The molecule has 102 valence electrons. The maximum absolute atomic E-state index is 5.55. The average Bonchev–Trinajstić information content (AvgIpc) is 2.30. The zero-order chi connectivity index (χ0) is 13.5. The number of hydrogen-bond donors (Lipinski definition) is 2. The van der Waals surface area contributed by atoms with E-state index in [0.717, 1.165) is 31.9 Å². The summed E-state index contributed by atoms with van der Waals surface area (Å²) in [5, 5.41) is 3.48. The van der Waals surface area contributed by atoms with E-state index >= 15 is 0 Å². The molecule has 0 fully saturated rings. The maximum atomic E-state index is 5.55. The number of benzene rings is 1. The van der Waals surface area contributed by atoms with Crippen molar-refractivity contribution in [3.63, 3.8) is 0 Å². The monoisotopic (exact) mass is 442 g/mol. The van der Waals surface area contributed by atoms with Crippen molar-refractivity contribution in [2.75, 3.05) is 25.6 Å². The fourth-order valence-corrected chi connectivity index (χ4v) is 4.13. The highest BCUT2D eigenvalue weighted by Gasteiger charge is 2.13. The van der Waals surface area contributed by atoms with Crippen LogP contribution in [0.3, 0.4) is 0 Å². The predicted octanol–water partition coefficient (Wildman–Crippen LogP) is 4.14. The Balaban J connectivity index is 2.79. The lowest BCUT2D eigenvalue weighted by molar-refractivity contribution is 0.182. The van der Waals surface area contributed by atoms with Gasteiger partial charge in [0.25, 0.3) is 0 Å². The molecule has 1 rings (SSSR count). The van der Waals surface area contributed by atoms with Crippen LogP contribution < -0.4 is 11.1 Å². The van der Waals surface area contributed by atoms with Gasteiger partial charge in [-0.25, -0.2) is 0 Å². The first kappa shape index (κ1) is 16.4. The molecule has 1 unspecified atom stereocenters. The van der Waals surface area contributed by atoms with Gasteiger partial charge in [-0.05, 0) is 63.4 Å². The van der Waals surface area contributed by atoms with Gasteiger partial charge in [-0.1, -0.05) is 15.9 Å². The molecular weight excluding hydrogens is 428 g/mol. The number of rotatable bonds is 7. The molecule has 0 amide bonds. The van der Waals surface area contributed by atoms with E-state index in [1.165, 1.54) is 0 Å². The highest BCUT2D eigenvalue weighted by molar-refractivity contribution is 9.11. The van der Waals surface area contributed by atoms with E-state index in [9.17, 15) is 0 Å². The first-order valence-electron chi connectivity index (χ1n) is 5.68. The molecule has 0 aromatic heterocycles. The predicted molar refractivity (Wildman–Crippen MR) is 87.1 cm³/mol. The van der Waals surface area contributed by atoms with Gasteiger partial charge in [0.05, 0.1) is 12.3 Å². The Bertz CT molecular complexity index is 365. The third-order valence-electron chi connectivity index (χ3n) is 2.48. The first-order chi connectivity index (χ1) is 8.58. The van der Waals surface area contributed by atoms with Crippen molar-refractivity contribution in [3.8, 4) is 0 Å². The molecule has 0 aliphatic heterocycles. The Morgan fingerprint density at radius 1 is 1.28 bits per heavy atom. The summed E-state index contributed by atoms with van der Waals surface area (Å²) in [5.41, 5.74) is 6.59. The summed E-state index contributed by atoms with van der Waals surface area (Å²) < 4.78 is 8.28. The SMILES string of the molecule is COCC(CCCN)Nc1c(Br)cc(Br)cc1Br. The number of halogens is 3. The zero-order valence-electron chi connectivity index (χ0n) is 10.2. The topological polar surface area (TPSA) is 47.3 Å². The molecule has 0 radical (unpaired) electrons. The van der Waals surface area contributed by atoms with E-state index in [-0.39, 0.29) is 6.04 Å². The molecule has 1 aromatic carbocycles. The van der Waals surface area contributed by atoms with Crippen LogP contribution in [-0.2, 0) is 4.74 Å². The summed E-state index contributed by atoms with van der Waals surface area (Å²) in [6.07, 6.45) is 1.96. The van der Waals surface area contributed by atoms with Crippen molar-refractivity contribution in [1.82, 2.24) is 0 Å². The summed E-state index contributed by atoms with van der Waals surface area (Å²) in [6.45, 7) is 1.36. The summed E-state index contributed by atoms with van der Waals surface area (Å²) >= 11 is 10.6. The van der Waals surface area contributed by atoms with Crippen LogP contribution in [0, 0.1) is 0 Å². The molecular formula is C12H17Br3N2O. The van der Waals surface area contributed by atoms with Gasteiger partial charge in [-0.15, -0.1) is 0 Å². The quantitative estimate of drug-likeness (QED) is 0.664. The summed E-state index contributed by atoms with van der Waals surface area (Å²) in [5.74, 6) is 0. The molecule has 0 aliphatic carbocycles. The van der Waals surface area contributed by atoms with Gasteiger partial charge < -0.3 is 15.8 Å². The Morgan fingerprint density at radius 3 is 2.39 bits per heavy atom. The van der Waals surface area contributed by atoms with E-state index < -0.39 is 0 Å². The molecule has 1 aromatic rings. The number of ether oxygens (including phenoxy) is 1. The molecule has 0 spiro atoms. The largest absolute Gasteiger partial charge is 0.383 e. The van der Waals surface area contributed by atoms with Gasteiger partial charge in [0.1, 0.15) is 0 Å². The van der Waals surface area contributed by atoms with E-state index in [0.29, 0.717) is 13.2 Å². The maximum Gasteiger partial charge on any atom is 0.0664 e. The highest BCUT2D eigenvalue weighted by atomic mass is 79.9. The molecule has 3 nitrogen and oxygen atoms in total. The normalized spacial score (nSPS) is 12.5. The van der Waals surface area contributed by atoms with Crippen LogP contribution in [0.15, 0.2) is 25.6 Å². The third-order valence-corrected chi connectivity index (χ3v) is 4.19.